The number of hydrogen-bond acceptors (Lipinski definition) is 9. The van der Waals surface area contributed by atoms with Crippen LogP contribution >= 0.6 is 11.6 Å². The van der Waals surface area contributed by atoms with Gasteiger partial charge in [-0.15, -0.1) is 0 Å². The third-order valence-corrected chi connectivity index (χ3v) is 7.75. The Kier molecular flexibility index (Phi) is 9.32. The molecule has 4 aromatic rings. The number of halogens is 2. The third kappa shape index (κ3) is 7.18. The van der Waals surface area contributed by atoms with E-state index >= 15 is 4.39 Å². The van der Waals surface area contributed by atoms with E-state index in [4.69, 9.17) is 17.3 Å². The van der Waals surface area contributed by atoms with Gasteiger partial charge < -0.3 is 21.3 Å². The minimum Gasteiger partial charge on any atom is -0.393 e. The maximum absolute atomic E-state index is 15.8. The lowest BCUT2D eigenvalue weighted by molar-refractivity contribution is -0.115. The van der Waals surface area contributed by atoms with E-state index in [1.807, 2.05) is 0 Å². The van der Waals surface area contributed by atoms with Crippen molar-refractivity contribution in [2.24, 2.45) is 0 Å². The first-order chi connectivity index (χ1) is 20.7. The Labute approximate surface area is 255 Å². The summed E-state index contributed by atoms with van der Waals surface area (Å²) in [6, 6.07) is 12.4. The number of hydrogen-bond donors (Lipinski definition) is 3. The summed E-state index contributed by atoms with van der Waals surface area (Å²) in [6.45, 7) is 9.55. The first-order valence-corrected chi connectivity index (χ1v) is 14.6. The predicted octanol–water partition coefficient (Wildman–Crippen LogP) is 5.46. The highest BCUT2D eigenvalue weighted by molar-refractivity contribution is 6.32. The molecule has 1 amide bonds. The fourth-order valence-corrected chi connectivity index (χ4v) is 5.42. The number of amides is 1. The molecule has 1 aliphatic heterocycles. The van der Waals surface area contributed by atoms with Crippen molar-refractivity contribution < 1.29 is 9.18 Å². The Hall–Kier alpha value is -4.35. The molecule has 0 bridgehead atoms. The molecule has 0 unspecified atom stereocenters. The van der Waals surface area contributed by atoms with Gasteiger partial charge in [0.25, 0.3) is 0 Å². The Bertz CT molecular complexity index is 1600. The molecule has 0 spiro atoms. The molecule has 5 rings (SSSR count). The summed E-state index contributed by atoms with van der Waals surface area (Å²) in [4.78, 5) is 33.7. The summed E-state index contributed by atoms with van der Waals surface area (Å²) in [5.41, 5.74) is 9.99. The molecule has 2 aromatic carbocycles. The van der Waals surface area contributed by atoms with Crippen molar-refractivity contribution in [2.75, 3.05) is 47.4 Å². The molecule has 1 saturated heterocycles. The Morgan fingerprint density at radius 3 is 2.65 bits per heavy atom. The molecular weight excluding hydrogens is 569 g/mol. The van der Waals surface area contributed by atoms with E-state index in [2.05, 4.69) is 54.2 Å². The molecule has 0 radical (unpaired) electrons. The van der Waals surface area contributed by atoms with Crippen LogP contribution in [0.15, 0.2) is 55.0 Å². The van der Waals surface area contributed by atoms with Crippen LogP contribution in [-0.4, -0.2) is 63.0 Å². The van der Waals surface area contributed by atoms with Crippen molar-refractivity contribution in [3.8, 4) is 11.1 Å². The summed E-state index contributed by atoms with van der Waals surface area (Å²) >= 11 is 6.16. The van der Waals surface area contributed by atoms with Gasteiger partial charge in [0.05, 0.1) is 23.5 Å². The van der Waals surface area contributed by atoms with Crippen molar-refractivity contribution in [3.63, 3.8) is 0 Å². The zero-order chi connectivity index (χ0) is 30.5. The van der Waals surface area contributed by atoms with Gasteiger partial charge in [-0.3, -0.25) is 9.69 Å². The smallest absolute Gasteiger partial charge is 0.230 e. The molecule has 0 saturated carbocycles. The number of nitrogens with zero attached hydrogens (tertiary/aromatic N) is 6. The molecule has 43 heavy (non-hydrogen) atoms. The highest BCUT2D eigenvalue weighted by Gasteiger charge is 2.26. The van der Waals surface area contributed by atoms with Gasteiger partial charge in [-0.05, 0) is 62.7 Å². The molecular formula is C31H35ClFN9O. The van der Waals surface area contributed by atoms with E-state index in [1.165, 1.54) is 6.33 Å². The van der Waals surface area contributed by atoms with E-state index in [-0.39, 0.29) is 29.0 Å². The lowest BCUT2D eigenvalue weighted by Crippen LogP contribution is -2.52. The molecule has 0 aliphatic carbocycles. The van der Waals surface area contributed by atoms with Crippen LogP contribution in [0.2, 0.25) is 5.15 Å². The largest absolute Gasteiger partial charge is 0.393 e. The number of carbonyl (C=O) groups is 1. The van der Waals surface area contributed by atoms with Gasteiger partial charge >= 0.3 is 0 Å². The molecule has 224 valence electrons. The number of aromatic nitrogens is 4. The summed E-state index contributed by atoms with van der Waals surface area (Å²) in [7, 11) is 0. The van der Waals surface area contributed by atoms with Gasteiger partial charge in [0.1, 0.15) is 23.7 Å². The zero-order valence-electron chi connectivity index (χ0n) is 24.4. The van der Waals surface area contributed by atoms with Crippen LogP contribution < -0.4 is 21.3 Å². The number of benzene rings is 2. The minimum absolute atomic E-state index is 0.123. The van der Waals surface area contributed by atoms with Crippen molar-refractivity contribution in [2.45, 2.75) is 39.7 Å². The molecule has 1 fully saturated rings. The average Bonchev–Trinajstić information content (AvgIpc) is 2.98. The fourth-order valence-electron chi connectivity index (χ4n) is 5.29. The topological polar surface area (TPSA) is 125 Å². The van der Waals surface area contributed by atoms with Gasteiger partial charge in [-0.2, -0.15) is 0 Å². The van der Waals surface area contributed by atoms with Gasteiger partial charge in [0, 0.05) is 43.1 Å². The number of aryl methyl sites for hydroxylation is 1. The maximum atomic E-state index is 15.8. The highest BCUT2D eigenvalue weighted by atomic mass is 35.5. The number of piperazine rings is 1. The highest BCUT2D eigenvalue weighted by Crippen LogP contribution is 2.38. The van der Waals surface area contributed by atoms with Gasteiger partial charge in [0.2, 0.25) is 5.91 Å². The van der Waals surface area contributed by atoms with E-state index in [9.17, 15) is 4.79 Å². The standard InChI is InChI=1S/C31H35ClFN9O/c1-4-11-41-12-13-42(17-19(41)2)27-16-25(33)24(15-26(27)40-31-29(34)30(32)36-18-37-31)21-5-7-22(8-6-21)39-28(43)14-23-9-10-35-20(3)38-23/h5-10,15-16,18-19H,4,11-14,17,34H2,1-3H3,(H,39,43)(H,36,37,40)/t19-/m0/s1. The van der Waals surface area contributed by atoms with Crippen molar-refractivity contribution in [1.82, 2.24) is 24.8 Å². The third-order valence-electron chi connectivity index (χ3n) is 7.45. The predicted molar refractivity (Wildman–Crippen MR) is 169 cm³/mol. The molecule has 1 aliphatic rings. The van der Waals surface area contributed by atoms with Gasteiger partial charge in [0.15, 0.2) is 11.0 Å². The van der Waals surface area contributed by atoms with Crippen LogP contribution in [0, 0.1) is 12.7 Å². The average molecular weight is 604 g/mol. The van der Waals surface area contributed by atoms with Crippen LogP contribution in [-0.2, 0) is 11.2 Å². The normalized spacial score (nSPS) is 15.4. The van der Waals surface area contributed by atoms with Gasteiger partial charge in [-0.1, -0.05) is 30.7 Å². The quantitative estimate of drug-likeness (QED) is 0.214. The fraction of sp³-hybridized carbons (Fsp3) is 0.323. The number of carbonyl (C=O) groups excluding carboxylic acids is 1. The number of anilines is 5. The van der Waals surface area contributed by atoms with E-state index in [1.54, 1.807) is 55.6 Å². The lowest BCUT2D eigenvalue weighted by atomic mass is 10.0. The first kappa shape index (κ1) is 30.1. The Morgan fingerprint density at radius 2 is 1.93 bits per heavy atom. The number of nitrogens with one attached hydrogen (secondary N) is 2. The van der Waals surface area contributed by atoms with E-state index < -0.39 is 0 Å². The summed E-state index contributed by atoms with van der Waals surface area (Å²) < 4.78 is 15.8. The number of nitrogen functional groups attached to an aromatic ring is 1. The number of nitrogens with two attached hydrogens (primary N) is 1. The van der Waals surface area contributed by atoms with Crippen LogP contribution in [0.25, 0.3) is 11.1 Å². The van der Waals surface area contributed by atoms with Crippen LogP contribution in [0.5, 0.6) is 0 Å². The van der Waals surface area contributed by atoms with Crippen molar-refractivity contribution in [1.29, 1.82) is 0 Å². The maximum Gasteiger partial charge on any atom is 0.230 e. The minimum atomic E-state index is -0.367. The van der Waals surface area contributed by atoms with Gasteiger partial charge in [-0.25, -0.2) is 24.3 Å². The number of rotatable bonds is 9. The lowest BCUT2D eigenvalue weighted by Gasteiger charge is -2.41. The van der Waals surface area contributed by atoms with Crippen molar-refractivity contribution in [3.05, 3.63) is 77.5 Å². The summed E-state index contributed by atoms with van der Waals surface area (Å²) in [6.07, 6.45) is 4.16. The van der Waals surface area contributed by atoms with Crippen molar-refractivity contribution >= 4 is 46.1 Å². The van der Waals surface area contributed by atoms with Crippen LogP contribution in [0.1, 0.15) is 31.8 Å². The Balaban J connectivity index is 1.41. The molecule has 10 nitrogen and oxygen atoms in total. The second-order valence-corrected chi connectivity index (χ2v) is 11.0. The molecule has 4 N–H and O–H groups in total. The second kappa shape index (κ2) is 13.3. The molecule has 3 heterocycles. The second-order valence-electron chi connectivity index (χ2n) is 10.6. The zero-order valence-corrected chi connectivity index (χ0v) is 25.2. The molecule has 1 atom stereocenters. The summed E-state index contributed by atoms with van der Waals surface area (Å²) in [5.74, 6) is 0.375. The SMILES string of the molecule is CCCN1CCN(c2cc(F)c(-c3ccc(NC(=O)Cc4ccnc(C)n4)cc3)cc2Nc2ncnc(Cl)c2N)C[C@@H]1C. The summed E-state index contributed by atoms with van der Waals surface area (Å²) in [5, 5.41) is 6.29. The Morgan fingerprint density at radius 1 is 1.14 bits per heavy atom. The molecule has 12 heteroatoms. The molecule has 2 aromatic heterocycles. The van der Waals surface area contributed by atoms with E-state index in [0.29, 0.717) is 51.6 Å². The van der Waals surface area contributed by atoms with Crippen LogP contribution in [0.4, 0.5) is 33.0 Å². The van der Waals surface area contributed by atoms with Crippen LogP contribution in [0.3, 0.4) is 0 Å². The van der Waals surface area contributed by atoms with E-state index in [0.717, 1.165) is 32.6 Å². The first-order valence-electron chi connectivity index (χ1n) is 14.3. The monoisotopic (exact) mass is 603 g/mol.